The van der Waals surface area contributed by atoms with Gasteiger partial charge in [0.15, 0.2) is 0 Å². The van der Waals surface area contributed by atoms with Crippen molar-refractivity contribution in [3.63, 3.8) is 0 Å². The first kappa shape index (κ1) is 20.2. The molecule has 0 spiro atoms. The number of carbonyl (C=O) groups excluding carboxylic acids is 2. The molecule has 0 atom stereocenters. The third-order valence-electron chi connectivity index (χ3n) is 4.72. The number of nitrogens with zero attached hydrogens (tertiary/aromatic N) is 2. The number of aryl methyl sites for hydroxylation is 1. The Balaban J connectivity index is 1.74. The van der Waals surface area contributed by atoms with Gasteiger partial charge in [-0.2, -0.15) is 0 Å². The molecule has 6 nitrogen and oxygen atoms in total. The van der Waals surface area contributed by atoms with Crippen LogP contribution < -0.4 is 10.2 Å². The summed E-state index contributed by atoms with van der Waals surface area (Å²) in [5, 5.41) is 3.46. The molecule has 2 amide bonds. The van der Waals surface area contributed by atoms with Crippen LogP contribution in [0.15, 0.2) is 24.3 Å². The van der Waals surface area contributed by atoms with E-state index in [0.717, 1.165) is 24.1 Å². The first-order valence-corrected chi connectivity index (χ1v) is 9.57. The molecule has 1 fully saturated rings. The van der Waals surface area contributed by atoms with E-state index in [1.165, 1.54) is 0 Å². The average molecular weight is 361 g/mol. The molecule has 0 unspecified atom stereocenters. The number of rotatable bonds is 7. The van der Waals surface area contributed by atoms with Gasteiger partial charge in [-0.3, -0.25) is 4.79 Å². The van der Waals surface area contributed by atoms with Crippen molar-refractivity contribution in [3.8, 4) is 0 Å². The molecule has 0 saturated carbocycles. The van der Waals surface area contributed by atoms with Crippen LogP contribution in [0.5, 0.6) is 0 Å². The van der Waals surface area contributed by atoms with Crippen molar-refractivity contribution in [2.24, 2.45) is 0 Å². The topological polar surface area (TPSA) is 61.9 Å². The lowest BCUT2D eigenvalue weighted by atomic mass is 10.1. The molecule has 0 aliphatic carbocycles. The van der Waals surface area contributed by atoms with Gasteiger partial charge in [-0.25, -0.2) is 4.79 Å². The number of benzene rings is 1. The van der Waals surface area contributed by atoms with Crippen molar-refractivity contribution in [2.75, 3.05) is 37.7 Å². The van der Waals surface area contributed by atoms with Gasteiger partial charge in [0.25, 0.3) is 0 Å². The molecule has 0 radical (unpaired) electrons. The van der Waals surface area contributed by atoms with Gasteiger partial charge in [0.05, 0.1) is 6.61 Å². The number of likely N-dealkylation sites (tertiary alicyclic amines) is 1. The Kier molecular flexibility index (Phi) is 7.91. The summed E-state index contributed by atoms with van der Waals surface area (Å²) in [6, 6.07) is 8.39. The molecule has 6 heteroatoms. The summed E-state index contributed by atoms with van der Waals surface area (Å²) in [5.74, 6) is 0.134. The van der Waals surface area contributed by atoms with E-state index in [1.807, 2.05) is 49.9 Å². The SMILES string of the molecule is CCOC(=O)N1CCC(NCCC(=O)N(CC)c2cccc(C)c2)CC1. The van der Waals surface area contributed by atoms with Crippen LogP contribution >= 0.6 is 0 Å². The number of hydrogen-bond acceptors (Lipinski definition) is 4. The van der Waals surface area contributed by atoms with E-state index in [2.05, 4.69) is 5.32 Å². The molecule has 144 valence electrons. The number of ether oxygens (including phenoxy) is 1. The largest absolute Gasteiger partial charge is 0.450 e. The molecule has 0 aromatic heterocycles. The molecular formula is C20H31N3O3. The van der Waals surface area contributed by atoms with Crippen LogP contribution in [0.1, 0.15) is 38.7 Å². The van der Waals surface area contributed by atoms with Gasteiger partial charge in [-0.15, -0.1) is 0 Å². The van der Waals surface area contributed by atoms with Crippen LogP contribution in [0.3, 0.4) is 0 Å². The molecular weight excluding hydrogens is 330 g/mol. The summed E-state index contributed by atoms with van der Waals surface area (Å²) >= 11 is 0. The Hall–Kier alpha value is -2.08. The summed E-state index contributed by atoms with van der Waals surface area (Å²) in [7, 11) is 0. The highest BCUT2D eigenvalue weighted by atomic mass is 16.6. The lowest BCUT2D eigenvalue weighted by Gasteiger charge is -2.31. The molecule has 1 aliphatic heterocycles. The molecule has 1 saturated heterocycles. The second kappa shape index (κ2) is 10.2. The predicted octanol–water partition coefficient (Wildman–Crippen LogP) is 2.95. The maximum Gasteiger partial charge on any atom is 0.409 e. The molecule has 1 aliphatic rings. The van der Waals surface area contributed by atoms with E-state index in [4.69, 9.17) is 4.74 Å². The standard InChI is InChI=1S/C20H31N3O3/c1-4-23(18-8-6-7-16(3)15-18)19(24)9-12-21-17-10-13-22(14-11-17)20(25)26-5-2/h6-8,15,17,21H,4-5,9-14H2,1-3H3. The number of piperidine rings is 1. The van der Waals surface area contributed by atoms with E-state index in [1.54, 1.807) is 4.90 Å². The zero-order valence-electron chi connectivity index (χ0n) is 16.2. The van der Waals surface area contributed by atoms with Crippen LogP contribution in [0.4, 0.5) is 10.5 Å². The van der Waals surface area contributed by atoms with Gasteiger partial charge < -0.3 is 19.9 Å². The molecule has 1 heterocycles. The van der Waals surface area contributed by atoms with Crippen LogP contribution in [-0.2, 0) is 9.53 Å². The molecule has 26 heavy (non-hydrogen) atoms. The molecule has 1 N–H and O–H groups in total. The Morgan fingerprint density at radius 1 is 1.27 bits per heavy atom. The van der Waals surface area contributed by atoms with E-state index in [9.17, 15) is 9.59 Å². The molecule has 2 rings (SSSR count). The Morgan fingerprint density at radius 2 is 2.00 bits per heavy atom. The highest BCUT2D eigenvalue weighted by Gasteiger charge is 2.23. The summed E-state index contributed by atoms with van der Waals surface area (Å²) in [5.41, 5.74) is 2.11. The second-order valence-electron chi connectivity index (χ2n) is 6.64. The average Bonchev–Trinajstić information content (AvgIpc) is 2.63. The van der Waals surface area contributed by atoms with Gasteiger partial charge in [0, 0.05) is 44.3 Å². The lowest BCUT2D eigenvalue weighted by molar-refractivity contribution is -0.118. The van der Waals surface area contributed by atoms with Gasteiger partial charge in [-0.1, -0.05) is 12.1 Å². The first-order chi connectivity index (χ1) is 12.5. The summed E-state index contributed by atoms with van der Waals surface area (Å²) in [6.45, 7) is 8.99. The number of hydrogen-bond donors (Lipinski definition) is 1. The quantitative estimate of drug-likeness (QED) is 0.811. The highest BCUT2D eigenvalue weighted by Crippen LogP contribution is 2.17. The Bertz CT molecular complexity index is 598. The van der Waals surface area contributed by atoms with Crippen LogP contribution in [0, 0.1) is 6.92 Å². The van der Waals surface area contributed by atoms with Gasteiger partial charge in [0.1, 0.15) is 0 Å². The van der Waals surface area contributed by atoms with Gasteiger partial charge >= 0.3 is 6.09 Å². The van der Waals surface area contributed by atoms with E-state index in [-0.39, 0.29) is 12.0 Å². The van der Waals surface area contributed by atoms with Gasteiger partial charge in [0.2, 0.25) is 5.91 Å². The normalized spacial score (nSPS) is 15.0. The third-order valence-corrected chi connectivity index (χ3v) is 4.72. The summed E-state index contributed by atoms with van der Waals surface area (Å²) in [6.07, 6.45) is 2.03. The number of amides is 2. The number of anilines is 1. The van der Waals surface area contributed by atoms with Crippen LogP contribution in [0.2, 0.25) is 0 Å². The molecule has 0 bridgehead atoms. The molecule has 1 aromatic carbocycles. The fraction of sp³-hybridized carbons (Fsp3) is 0.600. The summed E-state index contributed by atoms with van der Waals surface area (Å²) in [4.78, 5) is 27.9. The first-order valence-electron chi connectivity index (χ1n) is 9.57. The second-order valence-corrected chi connectivity index (χ2v) is 6.64. The van der Waals surface area contributed by atoms with Crippen molar-refractivity contribution >= 4 is 17.7 Å². The van der Waals surface area contributed by atoms with Crippen LogP contribution in [0.25, 0.3) is 0 Å². The number of carbonyl (C=O) groups is 2. The van der Waals surface area contributed by atoms with E-state index >= 15 is 0 Å². The van der Waals surface area contributed by atoms with Crippen molar-refractivity contribution < 1.29 is 14.3 Å². The summed E-state index contributed by atoms with van der Waals surface area (Å²) < 4.78 is 5.03. The number of nitrogens with one attached hydrogen (secondary N) is 1. The zero-order valence-corrected chi connectivity index (χ0v) is 16.2. The third kappa shape index (κ3) is 5.73. The highest BCUT2D eigenvalue weighted by molar-refractivity contribution is 5.93. The van der Waals surface area contributed by atoms with Crippen molar-refractivity contribution in [3.05, 3.63) is 29.8 Å². The minimum absolute atomic E-state index is 0.134. The fourth-order valence-corrected chi connectivity index (χ4v) is 3.30. The monoisotopic (exact) mass is 361 g/mol. The molecule has 1 aromatic rings. The van der Waals surface area contributed by atoms with Crippen molar-refractivity contribution in [1.82, 2.24) is 10.2 Å². The minimum atomic E-state index is -0.224. The van der Waals surface area contributed by atoms with Crippen molar-refractivity contribution in [2.45, 2.75) is 46.1 Å². The maximum absolute atomic E-state index is 12.6. The predicted molar refractivity (Wildman–Crippen MR) is 103 cm³/mol. The van der Waals surface area contributed by atoms with E-state index in [0.29, 0.717) is 45.2 Å². The van der Waals surface area contributed by atoms with Crippen LogP contribution in [-0.4, -0.2) is 55.7 Å². The lowest BCUT2D eigenvalue weighted by Crippen LogP contribution is -2.45. The van der Waals surface area contributed by atoms with Gasteiger partial charge in [-0.05, 0) is 51.3 Å². The smallest absolute Gasteiger partial charge is 0.409 e. The Labute approximate surface area is 156 Å². The maximum atomic E-state index is 12.6. The zero-order chi connectivity index (χ0) is 18.9. The minimum Gasteiger partial charge on any atom is -0.450 e. The van der Waals surface area contributed by atoms with Crippen molar-refractivity contribution in [1.29, 1.82) is 0 Å². The fourth-order valence-electron chi connectivity index (χ4n) is 3.30. The Morgan fingerprint density at radius 3 is 2.62 bits per heavy atom. The van der Waals surface area contributed by atoms with E-state index < -0.39 is 0 Å².